The third-order valence-electron chi connectivity index (χ3n) is 3.18. The quantitative estimate of drug-likeness (QED) is 0.717. The van der Waals surface area contributed by atoms with Crippen LogP contribution in [-0.2, 0) is 0 Å². The molecule has 4 heteroatoms. The van der Waals surface area contributed by atoms with Gasteiger partial charge in [-0.2, -0.15) is 0 Å². The molecule has 1 N–H and O–H groups in total. The van der Waals surface area contributed by atoms with Gasteiger partial charge in [-0.1, -0.05) is 18.2 Å². The first-order valence-electron chi connectivity index (χ1n) is 5.99. The van der Waals surface area contributed by atoms with Crippen molar-refractivity contribution in [2.24, 2.45) is 0 Å². The Bertz CT molecular complexity index is 722. The Kier molecular flexibility index (Phi) is 3.25. The number of halogens is 1. The van der Waals surface area contributed by atoms with Crippen molar-refractivity contribution in [3.8, 4) is 0 Å². The molecule has 0 aliphatic rings. The first-order valence-corrected chi connectivity index (χ1v) is 7.60. The van der Waals surface area contributed by atoms with E-state index in [1.165, 1.54) is 0 Å². The Morgan fingerprint density at radius 1 is 1.26 bits per heavy atom. The van der Waals surface area contributed by atoms with Crippen LogP contribution < -0.4 is 0 Å². The fourth-order valence-electron chi connectivity index (χ4n) is 2.12. The maximum atomic E-state index is 10.4. The van der Waals surface area contributed by atoms with Gasteiger partial charge in [-0.25, -0.2) is 0 Å². The highest BCUT2D eigenvalue weighted by Crippen LogP contribution is 2.36. The summed E-state index contributed by atoms with van der Waals surface area (Å²) in [5, 5.41) is 11.4. The largest absolute Gasteiger partial charge is 0.458 e. The molecule has 2 heterocycles. The van der Waals surface area contributed by atoms with E-state index < -0.39 is 6.10 Å². The van der Waals surface area contributed by atoms with Crippen molar-refractivity contribution < 1.29 is 9.52 Å². The SMILES string of the molecule is Cc1sc(C(O)c2cc3cccc(C)c3o2)cc1Br. The summed E-state index contributed by atoms with van der Waals surface area (Å²) >= 11 is 5.05. The summed E-state index contributed by atoms with van der Waals surface area (Å²) in [7, 11) is 0. The minimum absolute atomic E-state index is 0.595. The highest BCUT2D eigenvalue weighted by molar-refractivity contribution is 9.10. The Hall–Kier alpha value is -1.10. The molecular weight excluding hydrogens is 324 g/mol. The van der Waals surface area contributed by atoms with Gasteiger partial charge in [-0.3, -0.25) is 0 Å². The summed E-state index contributed by atoms with van der Waals surface area (Å²) in [5.74, 6) is 0.595. The smallest absolute Gasteiger partial charge is 0.146 e. The summed E-state index contributed by atoms with van der Waals surface area (Å²) in [6, 6.07) is 9.86. The standard InChI is InChI=1S/C15H13BrO2S/c1-8-4-3-5-10-6-12(18-15(8)10)14(17)13-7-11(16)9(2)19-13/h3-7,14,17H,1-2H3. The van der Waals surface area contributed by atoms with Crippen molar-refractivity contribution in [1.29, 1.82) is 0 Å². The average Bonchev–Trinajstić information content (AvgIpc) is 2.94. The summed E-state index contributed by atoms with van der Waals surface area (Å²) in [6.45, 7) is 4.03. The van der Waals surface area contributed by atoms with Gasteiger partial charge < -0.3 is 9.52 Å². The zero-order chi connectivity index (χ0) is 13.6. The van der Waals surface area contributed by atoms with Crippen molar-refractivity contribution in [1.82, 2.24) is 0 Å². The van der Waals surface area contributed by atoms with Gasteiger partial charge in [0.2, 0.25) is 0 Å². The number of aryl methyl sites for hydroxylation is 2. The topological polar surface area (TPSA) is 33.4 Å². The van der Waals surface area contributed by atoms with Gasteiger partial charge in [0.1, 0.15) is 17.4 Å². The molecule has 0 fully saturated rings. The Morgan fingerprint density at radius 3 is 2.68 bits per heavy atom. The van der Waals surface area contributed by atoms with Crippen LogP contribution in [0.25, 0.3) is 11.0 Å². The number of hydrogen-bond donors (Lipinski definition) is 1. The molecule has 0 amide bonds. The molecule has 2 aromatic heterocycles. The van der Waals surface area contributed by atoms with Gasteiger partial charge in [0.05, 0.1) is 0 Å². The first-order chi connectivity index (χ1) is 9.06. The van der Waals surface area contributed by atoms with Crippen LogP contribution in [0.3, 0.4) is 0 Å². The van der Waals surface area contributed by atoms with E-state index in [-0.39, 0.29) is 0 Å². The van der Waals surface area contributed by atoms with E-state index in [9.17, 15) is 5.11 Å². The van der Waals surface area contributed by atoms with Gasteiger partial charge in [-0.05, 0) is 47.5 Å². The number of fused-ring (bicyclic) bond motifs is 1. The predicted octanol–water partition coefficient (Wildman–Crippen LogP) is 4.96. The third-order valence-corrected chi connectivity index (χ3v) is 5.36. The van der Waals surface area contributed by atoms with E-state index >= 15 is 0 Å². The van der Waals surface area contributed by atoms with Crippen LogP contribution >= 0.6 is 27.3 Å². The molecule has 0 aliphatic carbocycles. The molecule has 19 heavy (non-hydrogen) atoms. The summed E-state index contributed by atoms with van der Waals surface area (Å²) in [6.07, 6.45) is -0.707. The molecule has 3 aromatic rings. The van der Waals surface area contributed by atoms with Crippen molar-refractivity contribution in [2.75, 3.05) is 0 Å². The van der Waals surface area contributed by atoms with E-state index in [0.717, 1.165) is 30.8 Å². The van der Waals surface area contributed by atoms with Gasteiger partial charge in [0.25, 0.3) is 0 Å². The zero-order valence-corrected chi connectivity index (χ0v) is 13.0. The van der Waals surface area contributed by atoms with E-state index in [2.05, 4.69) is 15.9 Å². The number of rotatable bonds is 2. The van der Waals surface area contributed by atoms with Crippen LogP contribution in [0.1, 0.15) is 27.2 Å². The summed E-state index contributed by atoms with van der Waals surface area (Å²) < 4.78 is 6.83. The molecular formula is C15H13BrO2S. The maximum Gasteiger partial charge on any atom is 0.146 e. The third kappa shape index (κ3) is 2.24. The van der Waals surface area contributed by atoms with E-state index in [0.29, 0.717) is 5.76 Å². The Morgan fingerprint density at radius 2 is 2.05 bits per heavy atom. The highest BCUT2D eigenvalue weighted by Gasteiger charge is 2.19. The lowest BCUT2D eigenvalue weighted by atomic mass is 10.1. The van der Waals surface area contributed by atoms with Crippen molar-refractivity contribution in [3.05, 3.63) is 55.9 Å². The molecule has 1 atom stereocenters. The van der Waals surface area contributed by atoms with Crippen LogP contribution in [0.15, 0.2) is 39.2 Å². The molecule has 1 aromatic carbocycles. The Labute approximate surface area is 123 Å². The minimum Gasteiger partial charge on any atom is -0.458 e. The van der Waals surface area contributed by atoms with E-state index in [4.69, 9.17) is 4.42 Å². The number of aliphatic hydroxyl groups is 1. The zero-order valence-electron chi connectivity index (χ0n) is 10.6. The van der Waals surface area contributed by atoms with Gasteiger partial charge >= 0.3 is 0 Å². The monoisotopic (exact) mass is 336 g/mol. The number of thiophene rings is 1. The number of benzene rings is 1. The highest BCUT2D eigenvalue weighted by atomic mass is 79.9. The van der Waals surface area contributed by atoms with E-state index in [1.54, 1.807) is 11.3 Å². The van der Waals surface area contributed by atoms with Crippen molar-refractivity contribution in [2.45, 2.75) is 20.0 Å². The average molecular weight is 337 g/mol. The Balaban J connectivity index is 2.06. The van der Waals surface area contributed by atoms with Crippen LogP contribution in [-0.4, -0.2) is 5.11 Å². The molecule has 0 saturated carbocycles. The lowest BCUT2D eigenvalue weighted by Gasteiger charge is -2.03. The number of para-hydroxylation sites is 1. The van der Waals surface area contributed by atoms with Crippen LogP contribution in [0.5, 0.6) is 0 Å². The predicted molar refractivity (Wildman–Crippen MR) is 81.8 cm³/mol. The van der Waals surface area contributed by atoms with Gasteiger partial charge in [0.15, 0.2) is 0 Å². The summed E-state index contributed by atoms with van der Waals surface area (Å²) in [4.78, 5) is 2.04. The second-order valence-corrected chi connectivity index (χ2v) is 6.74. The lowest BCUT2D eigenvalue weighted by molar-refractivity contribution is 0.196. The molecule has 98 valence electrons. The normalized spacial score (nSPS) is 13.1. The lowest BCUT2D eigenvalue weighted by Crippen LogP contribution is -1.94. The maximum absolute atomic E-state index is 10.4. The number of hydrogen-bond acceptors (Lipinski definition) is 3. The summed E-state index contributed by atoms with van der Waals surface area (Å²) in [5.41, 5.74) is 1.93. The molecule has 3 rings (SSSR count). The van der Waals surface area contributed by atoms with E-state index in [1.807, 2.05) is 44.2 Å². The molecule has 0 aliphatic heterocycles. The van der Waals surface area contributed by atoms with Gasteiger partial charge in [0, 0.05) is 19.6 Å². The molecule has 0 bridgehead atoms. The molecule has 2 nitrogen and oxygen atoms in total. The van der Waals surface area contributed by atoms with Gasteiger partial charge in [-0.15, -0.1) is 11.3 Å². The second kappa shape index (κ2) is 4.78. The number of aliphatic hydroxyl groups excluding tert-OH is 1. The minimum atomic E-state index is -0.707. The number of furan rings is 1. The molecule has 0 radical (unpaired) electrons. The first kappa shape index (κ1) is 12.9. The fourth-order valence-corrected chi connectivity index (χ4v) is 3.68. The molecule has 0 saturated heterocycles. The molecule has 0 spiro atoms. The fraction of sp³-hybridized carbons (Fsp3) is 0.200. The second-order valence-electron chi connectivity index (χ2n) is 4.60. The van der Waals surface area contributed by atoms with Crippen LogP contribution in [0.4, 0.5) is 0 Å². The van der Waals surface area contributed by atoms with Crippen molar-refractivity contribution >= 4 is 38.2 Å². The molecule has 1 unspecified atom stereocenters. The van der Waals surface area contributed by atoms with Crippen molar-refractivity contribution in [3.63, 3.8) is 0 Å². The van der Waals surface area contributed by atoms with Crippen LogP contribution in [0.2, 0.25) is 0 Å². The van der Waals surface area contributed by atoms with Crippen LogP contribution in [0, 0.1) is 13.8 Å².